The van der Waals surface area contributed by atoms with E-state index < -0.39 is 32.7 Å². The van der Waals surface area contributed by atoms with E-state index in [0.29, 0.717) is 0 Å². The molecule has 0 bridgehead atoms. The zero-order valence-corrected chi connectivity index (χ0v) is 11.9. The van der Waals surface area contributed by atoms with Crippen LogP contribution in [0.3, 0.4) is 0 Å². The van der Waals surface area contributed by atoms with Crippen LogP contribution in [0.2, 0.25) is 5.02 Å². The molecule has 0 aliphatic carbocycles. The molecule has 1 atom stereocenters. The lowest BCUT2D eigenvalue weighted by Gasteiger charge is -2.19. The van der Waals surface area contributed by atoms with E-state index in [1.807, 2.05) is 0 Å². The quantitative estimate of drug-likeness (QED) is 0.858. The number of halogens is 2. The minimum absolute atomic E-state index is 0.138. The van der Waals surface area contributed by atoms with Gasteiger partial charge in [0.25, 0.3) is 0 Å². The molecule has 0 radical (unpaired) electrons. The minimum Gasteiger partial charge on any atom is -0.368 e. The Bertz CT molecular complexity index is 590. The average molecular weight is 309 g/mol. The van der Waals surface area contributed by atoms with Crippen molar-refractivity contribution < 1.29 is 17.6 Å². The molecule has 0 aliphatic rings. The van der Waals surface area contributed by atoms with Gasteiger partial charge in [0.05, 0.1) is 5.02 Å². The monoisotopic (exact) mass is 308 g/mol. The van der Waals surface area contributed by atoms with Crippen LogP contribution in [0.1, 0.15) is 13.8 Å². The van der Waals surface area contributed by atoms with E-state index in [-0.39, 0.29) is 10.9 Å². The summed E-state index contributed by atoms with van der Waals surface area (Å²) in [5.74, 6) is -1.91. The predicted molar refractivity (Wildman–Crippen MR) is 69.6 cm³/mol. The lowest BCUT2D eigenvalue weighted by molar-refractivity contribution is -0.120. The van der Waals surface area contributed by atoms with Crippen molar-refractivity contribution in [2.45, 2.75) is 24.8 Å². The van der Waals surface area contributed by atoms with Gasteiger partial charge in [-0.25, -0.2) is 12.8 Å². The van der Waals surface area contributed by atoms with Gasteiger partial charge in [-0.3, -0.25) is 4.79 Å². The van der Waals surface area contributed by atoms with Crippen molar-refractivity contribution in [3.63, 3.8) is 0 Å². The van der Waals surface area contributed by atoms with Crippen LogP contribution in [0.15, 0.2) is 23.1 Å². The smallest absolute Gasteiger partial charge is 0.242 e. The number of nitrogens with one attached hydrogen (secondary N) is 1. The van der Waals surface area contributed by atoms with E-state index in [2.05, 4.69) is 4.72 Å². The van der Waals surface area contributed by atoms with Crippen molar-refractivity contribution in [2.24, 2.45) is 11.7 Å². The number of benzene rings is 1. The molecule has 0 unspecified atom stereocenters. The van der Waals surface area contributed by atoms with Crippen LogP contribution in [0.25, 0.3) is 0 Å². The molecule has 1 aromatic carbocycles. The van der Waals surface area contributed by atoms with Crippen LogP contribution in [0.4, 0.5) is 4.39 Å². The first-order chi connectivity index (χ1) is 8.65. The third-order valence-electron chi connectivity index (χ3n) is 2.44. The summed E-state index contributed by atoms with van der Waals surface area (Å²) in [5, 5.41) is -0.138. The number of carbonyl (C=O) groups excluding carboxylic acids is 1. The summed E-state index contributed by atoms with van der Waals surface area (Å²) >= 11 is 5.72. The van der Waals surface area contributed by atoms with Gasteiger partial charge in [-0.05, 0) is 24.1 Å². The molecule has 1 rings (SSSR count). The summed E-state index contributed by atoms with van der Waals surface area (Å²) in [5.41, 5.74) is 5.12. The second-order valence-electron chi connectivity index (χ2n) is 4.32. The maximum atomic E-state index is 13.1. The van der Waals surface area contributed by atoms with Crippen LogP contribution < -0.4 is 10.5 Å². The normalized spacial score (nSPS) is 13.5. The number of carbonyl (C=O) groups is 1. The fourth-order valence-corrected chi connectivity index (χ4v) is 3.30. The zero-order chi connectivity index (χ0) is 14.8. The molecule has 0 fully saturated rings. The Morgan fingerprint density at radius 2 is 2.00 bits per heavy atom. The third kappa shape index (κ3) is 3.89. The van der Waals surface area contributed by atoms with Gasteiger partial charge in [-0.2, -0.15) is 4.72 Å². The molecule has 3 N–H and O–H groups in total. The van der Waals surface area contributed by atoms with Crippen LogP contribution in [0, 0.1) is 11.7 Å². The third-order valence-corrected chi connectivity index (χ3v) is 4.36. The van der Waals surface area contributed by atoms with Gasteiger partial charge in [0.15, 0.2) is 0 Å². The highest BCUT2D eigenvalue weighted by Gasteiger charge is 2.28. The summed E-state index contributed by atoms with van der Waals surface area (Å²) in [4.78, 5) is 10.8. The lowest BCUT2D eigenvalue weighted by Crippen LogP contribution is -2.47. The lowest BCUT2D eigenvalue weighted by atomic mass is 10.1. The van der Waals surface area contributed by atoms with Crippen molar-refractivity contribution >= 4 is 27.5 Å². The second kappa shape index (κ2) is 5.85. The van der Waals surface area contributed by atoms with Crippen molar-refractivity contribution in [3.8, 4) is 0 Å². The summed E-state index contributed by atoms with van der Waals surface area (Å²) in [6.07, 6.45) is 0. The maximum Gasteiger partial charge on any atom is 0.242 e. The van der Waals surface area contributed by atoms with Crippen LogP contribution in [-0.2, 0) is 14.8 Å². The van der Waals surface area contributed by atoms with Crippen molar-refractivity contribution in [3.05, 3.63) is 29.0 Å². The molecule has 8 heteroatoms. The highest BCUT2D eigenvalue weighted by molar-refractivity contribution is 7.89. The van der Waals surface area contributed by atoms with Gasteiger partial charge in [-0.1, -0.05) is 25.4 Å². The second-order valence-corrected chi connectivity index (χ2v) is 6.41. The first-order valence-electron chi connectivity index (χ1n) is 5.42. The first kappa shape index (κ1) is 15.9. The molecule has 1 aromatic rings. The van der Waals surface area contributed by atoms with E-state index in [9.17, 15) is 17.6 Å². The van der Waals surface area contributed by atoms with E-state index in [4.69, 9.17) is 17.3 Å². The molecule has 0 saturated heterocycles. The molecule has 0 aliphatic heterocycles. The number of sulfonamides is 1. The van der Waals surface area contributed by atoms with Gasteiger partial charge in [0.2, 0.25) is 15.9 Å². The number of hydrogen-bond donors (Lipinski definition) is 2. The van der Waals surface area contributed by atoms with Crippen molar-refractivity contribution in [2.75, 3.05) is 0 Å². The molecule has 1 amide bonds. The number of rotatable bonds is 5. The Balaban J connectivity index is 3.17. The number of nitrogens with two attached hydrogens (primary N) is 1. The molecule has 5 nitrogen and oxygen atoms in total. The number of amides is 1. The molecular weight excluding hydrogens is 295 g/mol. The van der Waals surface area contributed by atoms with E-state index in [0.717, 1.165) is 18.2 Å². The highest BCUT2D eigenvalue weighted by Crippen LogP contribution is 2.22. The fourth-order valence-electron chi connectivity index (χ4n) is 1.44. The summed E-state index contributed by atoms with van der Waals surface area (Å²) in [6, 6.07) is 1.85. The van der Waals surface area contributed by atoms with E-state index in [1.165, 1.54) is 0 Å². The van der Waals surface area contributed by atoms with Gasteiger partial charge in [-0.15, -0.1) is 0 Å². The van der Waals surface area contributed by atoms with E-state index >= 15 is 0 Å². The fraction of sp³-hybridized carbons (Fsp3) is 0.364. The van der Waals surface area contributed by atoms with Gasteiger partial charge in [0, 0.05) is 0 Å². The molecule has 19 heavy (non-hydrogen) atoms. The molecule has 106 valence electrons. The first-order valence-corrected chi connectivity index (χ1v) is 7.28. The topological polar surface area (TPSA) is 89.3 Å². The largest absolute Gasteiger partial charge is 0.368 e. The SMILES string of the molecule is CC(C)[C@H](NS(=O)(=O)c1cc(F)ccc1Cl)C(N)=O. The van der Waals surface area contributed by atoms with Crippen LogP contribution in [0.5, 0.6) is 0 Å². The molecule has 0 spiro atoms. The Morgan fingerprint density at radius 3 is 2.47 bits per heavy atom. The van der Waals surface area contributed by atoms with Crippen molar-refractivity contribution in [1.82, 2.24) is 4.72 Å². The average Bonchev–Trinajstić information content (AvgIpc) is 2.28. The number of primary amides is 1. The minimum atomic E-state index is -4.13. The predicted octanol–water partition coefficient (Wildman–Crippen LogP) is 1.27. The van der Waals surface area contributed by atoms with Crippen LogP contribution >= 0.6 is 11.6 Å². The van der Waals surface area contributed by atoms with Gasteiger partial charge >= 0.3 is 0 Å². The Kier molecular flexibility index (Phi) is 4.89. The Morgan fingerprint density at radius 1 is 1.42 bits per heavy atom. The summed E-state index contributed by atoms with van der Waals surface area (Å²) in [6.45, 7) is 3.26. The van der Waals surface area contributed by atoms with E-state index in [1.54, 1.807) is 13.8 Å². The van der Waals surface area contributed by atoms with Gasteiger partial charge in [0.1, 0.15) is 16.8 Å². The molecule has 0 aromatic heterocycles. The number of hydrogen-bond acceptors (Lipinski definition) is 3. The van der Waals surface area contributed by atoms with Gasteiger partial charge < -0.3 is 5.73 Å². The molecular formula is C11H14ClFN2O3S. The maximum absolute atomic E-state index is 13.1. The highest BCUT2D eigenvalue weighted by atomic mass is 35.5. The molecule has 0 heterocycles. The van der Waals surface area contributed by atoms with Crippen LogP contribution in [-0.4, -0.2) is 20.4 Å². The zero-order valence-electron chi connectivity index (χ0n) is 10.4. The Hall–Kier alpha value is -1.18. The Labute approximate surface area is 116 Å². The standard InChI is InChI=1S/C11H14ClFN2O3S/c1-6(2)10(11(14)16)15-19(17,18)9-5-7(13)3-4-8(9)12/h3-6,10,15H,1-2H3,(H2,14,16)/t10-/m0/s1. The summed E-state index contributed by atoms with van der Waals surface area (Å²) < 4.78 is 39.3. The summed E-state index contributed by atoms with van der Waals surface area (Å²) in [7, 11) is -4.13. The van der Waals surface area contributed by atoms with Crippen molar-refractivity contribution in [1.29, 1.82) is 0 Å². The molecule has 0 saturated carbocycles.